The molecule has 0 atom stereocenters. The van der Waals surface area contributed by atoms with Crippen LogP contribution in [0.2, 0.25) is 0 Å². The summed E-state index contributed by atoms with van der Waals surface area (Å²) in [6.07, 6.45) is 6.18. The van der Waals surface area contributed by atoms with Crippen LogP contribution in [0.3, 0.4) is 0 Å². The van der Waals surface area contributed by atoms with Crippen molar-refractivity contribution in [1.29, 1.82) is 0 Å². The SMILES string of the molecule is COc1cc(-c2nc(C(=O)NCCCn3ccnc3)cc3c2[nH]c2ccccc23)cc(OC)c1OC. The normalized spacial score (nSPS) is 11.1. The Morgan fingerprint density at radius 2 is 1.81 bits per heavy atom. The predicted octanol–water partition coefficient (Wildman–Crippen LogP) is 4.43. The number of aryl methyl sites for hydroxylation is 1. The number of methoxy groups -OCH3 is 3. The van der Waals surface area contributed by atoms with Gasteiger partial charge in [0.05, 0.1) is 38.9 Å². The highest BCUT2D eigenvalue weighted by molar-refractivity contribution is 6.13. The monoisotopic (exact) mass is 485 g/mol. The van der Waals surface area contributed by atoms with Crippen molar-refractivity contribution in [2.45, 2.75) is 13.0 Å². The summed E-state index contributed by atoms with van der Waals surface area (Å²) in [6.45, 7) is 1.29. The molecule has 0 aliphatic heterocycles. The zero-order valence-corrected chi connectivity index (χ0v) is 20.4. The lowest BCUT2D eigenvalue weighted by Crippen LogP contribution is -2.26. The number of hydrogen-bond acceptors (Lipinski definition) is 6. The van der Waals surface area contributed by atoms with Gasteiger partial charge < -0.3 is 29.1 Å². The average Bonchev–Trinajstić information content (AvgIpc) is 3.57. The third kappa shape index (κ3) is 4.31. The summed E-state index contributed by atoms with van der Waals surface area (Å²) >= 11 is 0. The number of fused-ring (bicyclic) bond motifs is 3. The second kappa shape index (κ2) is 9.99. The maximum Gasteiger partial charge on any atom is 0.269 e. The van der Waals surface area contributed by atoms with E-state index in [-0.39, 0.29) is 5.91 Å². The molecule has 3 aromatic heterocycles. The minimum atomic E-state index is -0.235. The third-order valence-corrected chi connectivity index (χ3v) is 6.10. The maximum absolute atomic E-state index is 13.2. The van der Waals surface area contributed by atoms with E-state index in [0.717, 1.165) is 40.3 Å². The van der Waals surface area contributed by atoms with E-state index in [1.165, 1.54) is 0 Å². The van der Waals surface area contributed by atoms with Gasteiger partial charge in [-0.1, -0.05) is 18.2 Å². The van der Waals surface area contributed by atoms with E-state index in [1.807, 2.05) is 53.2 Å². The van der Waals surface area contributed by atoms with Crippen LogP contribution in [0.4, 0.5) is 0 Å². The molecular weight excluding hydrogens is 458 g/mol. The average molecular weight is 486 g/mol. The highest BCUT2D eigenvalue weighted by Gasteiger charge is 2.20. The molecule has 5 rings (SSSR count). The van der Waals surface area contributed by atoms with Crippen molar-refractivity contribution in [1.82, 2.24) is 24.8 Å². The number of H-pyrrole nitrogens is 1. The molecule has 184 valence electrons. The number of amides is 1. The fourth-order valence-electron chi connectivity index (χ4n) is 4.36. The molecule has 9 nitrogen and oxygen atoms in total. The summed E-state index contributed by atoms with van der Waals surface area (Å²) in [4.78, 5) is 25.5. The van der Waals surface area contributed by atoms with Gasteiger partial charge in [0.1, 0.15) is 5.69 Å². The van der Waals surface area contributed by atoms with Gasteiger partial charge in [0.2, 0.25) is 5.75 Å². The zero-order chi connectivity index (χ0) is 25.1. The van der Waals surface area contributed by atoms with Crippen molar-refractivity contribution in [3.8, 4) is 28.5 Å². The van der Waals surface area contributed by atoms with Gasteiger partial charge in [0.15, 0.2) is 11.5 Å². The second-order valence-corrected chi connectivity index (χ2v) is 8.27. The fraction of sp³-hybridized carbons (Fsp3) is 0.222. The van der Waals surface area contributed by atoms with E-state index in [1.54, 1.807) is 33.9 Å². The Hall–Kier alpha value is -4.53. The van der Waals surface area contributed by atoms with E-state index in [4.69, 9.17) is 19.2 Å². The summed E-state index contributed by atoms with van der Waals surface area (Å²) in [5, 5.41) is 4.92. The van der Waals surface area contributed by atoms with Crippen molar-refractivity contribution in [3.63, 3.8) is 0 Å². The molecule has 5 aromatic rings. The number of benzene rings is 2. The summed E-state index contributed by atoms with van der Waals surface area (Å²) in [6, 6.07) is 13.5. The van der Waals surface area contributed by atoms with E-state index in [2.05, 4.69) is 15.3 Å². The Labute approximate surface area is 208 Å². The van der Waals surface area contributed by atoms with E-state index in [0.29, 0.717) is 35.2 Å². The molecule has 9 heteroatoms. The maximum atomic E-state index is 13.2. The quantitative estimate of drug-likeness (QED) is 0.300. The zero-order valence-electron chi connectivity index (χ0n) is 20.4. The number of nitrogens with one attached hydrogen (secondary N) is 2. The smallest absolute Gasteiger partial charge is 0.269 e. The van der Waals surface area contributed by atoms with Crippen LogP contribution < -0.4 is 19.5 Å². The Morgan fingerprint density at radius 1 is 1.03 bits per heavy atom. The van der Waals surface area contributed by atoms with Crippen molar-refractivity contribution in [2.75, 3.05) is 27.9 Å². The number of carbonyl (C=O) groups excluding carboxylic acids is 1. The van der Waals surface area contributed by atoms with Gasteiger partial charge in [-0.3, -0.25) is 4.79 Å². The van der Waals surface area contributed by atoms with Crippen LogP contribution in [0, 0.1) is 0 Å². The number of aromatic amines is 1. The minimum absolute atomic E-state index is 0.235. The number of para-hydroxylation sites is 1. The van der Waals surface area contributed by atoms with Crippen LogP contribution in [0.15, 0.2) is 61.2 Å². The van der Waals surface area contributed by atoms with E-state index >= 15 is 0 Å². The molecule has 0 bridgehead atoms. The summed E-state index contributed by atoms with van der Waals surface area (Å²) in [5.41, 5.74) is 3.46. The van der Waals surface area contributed by atoms with Gasteiger partial charge in [-0.2, -0.15) is 0 Å². The van der Waals surface area contributed by atoms with Crippen molar-refractivity contribution >= 4 is 27.7 Å². The minimum Gasteiger partial charge on any atom is -0.493 e. The fourth-order valence-corrected chi connectivity index (χ4v) is 4.36. The molecule has 0 saturated carbocycles. The molecule has 0 saturated heterocycles. The van der Waals surface area contributed by atoms with Crippen molar-refractivity contribution < 1.29 is 19.0 Å². The topological polar surface area (TPSA) is 103 Å². The molecule has 1 amide bonds. The molecule has 0 fully saturated rings. The Balaban J connectivity index is 1.57. The van der Waals surface area contributed by atoms with Gasteiger partial charge in [-0.15, -0.1) is 0 Å². The third-order valence-electron chi connectivity index (χ3n) is 6.10. The van der Waals surface area contributed by atoms with Gasteiger partial charge in [0, 0.05) is 47.3 Å². The van der Waals surface area contributed by atoms with Crippen LogP contribution >= 0.6 is 0 Å². The molecule has 3 heterocycles. The first-order valence-corrected chi connectivity index (χ1v) is 11.6. The van der Waals surface area contributed by atoms with Crippen molar-refractivity contribution in [3.05, 3.63) is 66.9 Å². The Kier molecular flexibility index (Phi) is 6.44. The lowest BCUT2D eigenvalue weighted by Gasteiger charge is -2.15. The number of carbonyl (C=O) groups is 1. The molecule has 0 radical (unpaired) electrons. The number of imidazole rings is 1. The van der Waals surface area contributed by atoms with Crippen LogP contribution in [-0.4, -0.2) is 53.3 Å². The number of rotatable bonds is 9. The van der Waals surface area contributed by atoms with E-state index in [9.17, 15) is 4.79 Å². The summed E-state index contributed by atoms with van der Waals surface area (Å²) in [5.74, 6) is 1.27. The Morgan fingerprint density at radius 3 is 2.50 bits per heavy atom. The largest absolute Gasteiger partial charge is 0.493 e. The standard InChI is InChI=1S/C27H27N5O4/c1-34-22-13-17(14-23(35-2)26(22)36-3)24-25-19(18-7-4-5-8-20(18)30-25)15-21(31-24)27(33)29-9-6-11-32-12-10-28-16-32/h4-5,7-8,10,12-16,30H,6,9,11H2,1-3H3,(H,29,33). The first kappa shape index (κ1) is 23.2. The lowest BCUT2D eigenvalue weighted by atomic mass is 10.0. The number of ether oxygens (including phenoxy) is 3. The second-order valence-electron chi connectivity index (χ2n) is 8.27. The highest BCUT2D eigenvalue weighted by Crippen LogP contribution is 2.42. The lowest BCUT2D eigenvalue weighted by molar-refractivity contribution is 0.0948. The number of pyridine rings is 1. The molecule has 2 N–H and O–H groups in total. The van der Waals surface area contributed by atoms with Gasteiger partial charge in [-0.05, 0) is 30.7 Å². The predicted molar refractivity (Wildman–Crippen MR) is 138 cm³/mol. The Bertz CT molecular complexity index is 1500. The van der Waals surface area contributed by atoms with Crippen LogP contribution in [-0.2, 0) is 6.54 Å². The van der Waals surface area contributed by atoms with E-state index < -0.39 is 0 Å². The summed E-state index contributed by atoms with van der Waals surface area (Å²) < 4.78 is 18.6. The van der Waals surface area contributed by atoms with Crippen molar-refractivity contribution in [2.24, 2.45) is 0 Å². The van der Waals surface area contributed by atoms with Gasteiger partial charge in [-0.25, -0.2) is 9.97 Å². The van der Waals surface area contributed by atoms with Crippen LogP contribution in [0.5, 0.6) is 17.2 Å². The van der Waals surface area contributed by atoms with Crippen LogP contribution in [0.1, 0.15) is 16.9 Å². The molecular formula is C27H27N5O4. The molecule has 0 spiro atoms. The van der Waals surface area contributed by atoms with Crippen LogP contribution in [0.25, 0.3) is 33.1 Å². The van der Waals surface area contributed by atoms with Gasteiger partial charge >= 0.3 is 0 Å². The first-order valence-electron chi connectivity index (χ1n) is 11.6. The first-order chi connectivity index (χ1) is 17.6. The highest BCUT2D eigenvalue weighted by atomic mass is 16.5. The number of nitrogens with zero attached hydrogens (tertiary/aromatic N) is 3. The molecule has 0 aliphatic rings. The summed E-state index contributed by atoms with van der Waals surface area (Å²) in [7, 11) is 4.70. The number of aromatic nitrogens is 4. The number of hydrogen-bond donors (Lipinski definition) is 2. The molecule has 36 heavy (non-hydrogen) atoms. The van der Waals surface area contributed by atoms with Gasteiger partial charge in [0.25, 0.3) is 5.91 Å². The molecule has 0 unspecified atom stereocenters. The molecule has 0 aliphatic carbocycles. The molecule has 2 aromatic carbocycles.